The van der Waals surface area contributed by atoms with Crippen molar-refractivity contribution in [1.82, 2.24) is 10.3 Å². The van der Waals surface area contributed by atoms with E-state index in [0.29, 0.717) is 35.4 Å². The average molecular weight is 420 g/mol. The number of alkyl halides is 3. The molecule has 1 aromatic heterocycles. The minimum Gasteiger partial charge on any atom is -0.370 e. The van der Waals surface area contributed by atoms with Crippen LogP contribution < -0.4 is 10.6 Å². The van der Waals surface area contributed by atoms with E-state index in [1.165, 1.54) is 24.3 Å². The summed E-state index contributed by atoms with van der Waals surface area (Å²) in [5.74, 6) is -0.475. The third-order valence-corrected chi connectivity index (χ3v) is 3.87. The molecule has 0 atom stereocenters. The predicted octanol–water partition coefficient (Wildman–Crippen LogP) is 4.23. The van der Waals surface area contributed by atoms with Crippen LogP contribution in [0.25, 0.3) is 0 Å². The van der Waals surface area contributed by atoms with E-state index in [9.17, 15) is 22.4 Å². The average Bonchev–Trinajstić information content (AvgIpc) is 2.54. The maximum atomic E-state index is 13.0. The SMILES string of the molecule is O=C(NCCCNc1ccc(C(F)(F)F)cn1)c1ccc(F)cc1Br. The number of amides is 1. The van der Waals surface area contributed by atoms with Gasteiger partial charge >= 0.3 is 6.18 Å². The number of aromatic nitrogens is 1. The molecule has 0 aliphatic heterocycles. The molecule has 2 rings (SSSR count). The van der Waals surface area contributed by atoms with Crippen LogP contribution in [0, 0.1) is 5.82 Å². The van der Waals surface area contributed by atoms with Gasteiger partial charge in [-0.2, -0.15) is 13.2 Å². The molecule has 4 nitrogen and oxygen atoms in total. The molecule has 1 amide bonds. The number of hydrogen-bond donors (Lipinski definition) is 2. The number of nitrogens with zero attached hydrogens (tertiary/aromatic N) is 1. The molecule has 0 radical (unpaired) electrons. The van der Waals surface area contributed by atoms with Gasteiger partial charge in [0.1, 0.15) is 11.6 Å². The topological polar surface area (TPSA) is 54.0 Å². The first kappa shape index (κ1) is 19.2. The molecule has 25 heavy (non-hydrogen) atoms. The fraction of sp³-hybridized carbons (Fsp3) is 0.250. The maximum Gasteiger partial charge on any atom is 0.417 e. The van der Waals surface area contributed by atoms with E-state index in [0.717, 1.165) is 12.3 Å². The molecule has 0 aliphatic carbocycles. The van der Waals surface area contributed by atoms with Gasteiger partial charge < -0.3 is 10.6 Å². The molecule has 134 valence electrons. The molecule has 0 bridgehead atoms. The maximum absolute atomic E-state index is 13.0. The summed E-state index contributed by atoms with van der Waals surface area (Å²) >= 11 is 3.12. The van der Waals surface area contributed by atoms with Crippen LogP contribution in [-0.4, -0.2) is 24.0 Å². The van der Waals surface area contributed by atoms with Gasteiger partial charge in [0.2, 0.25) is 0 Å². The zero-order valence-corrected chi connectivity index (χ0v) is 14.4. The highest BCUT2D eigenvalue weighted by Gasteiger charge is 2.30. The van der Waals surface area contributed by atoms with Crippen molar-refractivity contribution in [3.8, 4) is 0 Å². The van der Waals surface area contributed by atoms with Crippen molar-refractivity contribution in [3.05, 3.63) is 57.9 Å². The van der Waals surface area contributed by atoms with E-state index in [2.05, 4.69) is 31.5 Å². The van der Waals surface area contributed by atoms with Crippen LogP contribution in [0.2, 0.25) is 0 Å². The first-order valence-corrected chi connectivity index (χ1v) is 8.07. The molecule has 0 saturated heterocycles. The molecule has 1 heterocycles. The highest BCUT2D eigenvalue weighted by atomic mass is 79.9. The first-order chi connectivity index (χ1) is 11.8. The fourth-order valence-electron chi connectivity index (χ4n) is 1.94. The van der Waals surface area contributed by atoms with E-state index >= 15 is 0 Å². The van der Waals surface area contributed by atoms with E-state index in [1.54, 1.807) is 0 Å². The van der Waals surface area contributed by atoms with Gasteiger partial charge in [0, 0.05) is 23.8 Å². The molecule has 0 unspecified atom stereocenters. The van der Waals surface area contributed by atoms with Crippen molar-refractivity contribution in [2.75, 3.05) is 18.4 Å². The molecule has 1 aromatic carbocycles. The Labute approximate surface area is 149 Å². The smallest absolute Gasteiger partial charge is 0.370 e. The number of benzene rings is 1. The fourth-order valence-corrected chi connectivity index (χ4v) is 2.47. The second-order valence-corrected chi connectivity index (χ2v) is 5.94. The first-order valence-electron chi connectivity index (χ1n) is 7.28. The van der Waals surface area contributed by atoms with Crippen LogP contribution in [0.15, 0.2) is 41.0 Å². The highest BCUT2D eigenvalue weighted by Crippen LogP contribution is 2.28. The van der Waals surface area contributed by atoms with Crippen LogP contribution in [0.3, 0.4) is 0 Å². The van der Waals surface area contributed by atoms with Crippen molar-refractivity contribution in [2.45, 2.75) is 12.6 Å². The van der Waals surface area contributed by atoms with Crippen LogP contribution in [0.1, 0.15) is 22.3 Å². The quantitative estimate of drug-likeness (QED) is 0.543. The number of hydrogen-bond acceptors (Lipinski definition) is 3. The molecule has 0 aliphatic rings. The normalized spacial score (nSPS) is 11.2. The monoisotopic (exact) mass is 419 g/mol. The number of carbonyl (C=O) groups excluding carboxylic acids is 1. The Morgan fingerprint density at radius 1 is 1.16 bits per heavy atom. The van der Waals surface area contributed by atoms with Gasteiger partial charge in [-0.1, -0.05) is 0 Å². The largest absolute Gasteiger partial charge is 0.417 e. The van der Waals surface area contributed by atoms with Crippen molar-refractivity contribution < 1.29 is 22.4 Å². The van der Waals surface area contributed by atoms with Crippen molar-refractivity contribution in [3.63, 3.8) is 0 Å². The van der Waals surface area contributed by atoms with E-state index in [4.69, 9.17) is 0 Å². The van der Waals surface area contributed by atoms with Crippen molar-refractivity contribution in [1.29, 1.82) is 0 Å². The molecule has 0 saturated carbocycles. The number of halogens is 5. The molecule has 2 aromatic rings. The highest BCUT2D eigenvalue weighted by molar-refractivity contribution is 9.10. The Balaban J connectivity index is 1.73. The van der Waals surface area contributed by atoms with Gasteiger partial charge in [-0.15, -0.1) is 0 Å². The van der Waals surface area contributed by atoms with E-state index < -0.39 is 17.6 Å². The molecule has 0 fully saturated rings. The molecule has 2 N–H and O–H groups in total. The zero-order chi connectivity index (χ0) is 18.4. The summed E-state index contributed by atoms with van der Waals surface area (Å²) in [4.78, 5) is 15.6. The number of pyridine rings is 1. The number of nitrogens with one attached hydrogen (secondary N) is 2. The zero-order valence-electron chi connectivity index (χ0n) is 12.8. The summed E-state index contributed by atoms with van der Waals surface area (Å²) in [6.07, 6.45) is -3.12. The lowest BCUT2D eigenvalue weighted by molar-refractivity contribution is -0.137. The van der Waals surface area contributed by atoms with Gasteiger partial charge in [0.05, 0.1) is 11.1 Å². The van der Waals surface area contributed by atoms with Gasteiger partial charge in [-0.25, -0.2) is 9.37 Å². The van der Waals surface area contributed by atoms with Gasteiger partial charge in [-0.3, -0.25) is 4.79 Å². The summed E-state index contributed by atoms with van der Waals surface area (Å²) in [6.45, 7) is 0.763. The van der Waals surface area contributed by atoms with Gasteiger partial charge in [-0.05, 0) is 52.7 Å². The molecule has 0 spiro atoms. The summed E-state index contributed by atoms with van der Waals surface area (Å²) in [7, 11) is 0. The van der Waals surface area contributed by atoms with Crippen LogP contribution >= 0.6 is 15.9 Å². The Bertz CT molecular complexity index is 735. The third kappa shape index (κ3) is 5.70. The number of carbonyl (C=O) groups is 1. The van der Waals surface area contributed by atoms with E-state index in [1.807, 2.05) is 0 Å². The van der Waals surface area contributed by atoms with Gasteiger partial charge in [0.25, 0.3) is 5.91 Å². The van der Waals surface area contributed by atoms with Gasteiger partial charge in [0.15, 0.2) is 0 Å². The van der Waals surface area contributed by atoms with Crippen LogP contribution in [-0.2, 0) is 6.18 Å². The molecule has 9 heteroatoms. The lowest BCUT2D eigenvalue weighted by Gasteiger charge is -2.09. The minimum absolute atomic E-state index is 0.318. The Hall–Kier alpha value is -2.16. The van der Waals surface area contributed by atoms with Crippen LogP contribution in [0.5, 0.6) is 0 Å². The second-order valence-electron chi connectivity index (χ2n) is 5.09. The minimum atomic E-state index is -4.41. The predicted molar refractivity (Wildman–Crippen MR) is 88.8 cm³/mol. The summed E-state index contributed by atoms with van der Waals surface area (Å²) in [5, 5.41) is 5.54. The second kappa shape index (κ2) is 8.28. The lowest BCUT2D eigenvalue weighted by atomic mass is 10.2. The number of anilines is 1. The summed E-state index contributed by atoms with van der Waals surface area (Å²) < 4.78 is 50.6. The van der Waals surface area contributed by atoms with Crippen molar-refractivity contribution in [2.24, 2.45) is 0 Å². The molecular weight excluding hydrogens is 406 g/mol. The Morgan fingerprint density at radius 2 is 1.92 bits per heavy atom. The standard InChI is InChI=1S/C16H14BrF4N3O/c17-13-8-11(18)3-4-12(13)15(25)23-7-1-6-22-14-5-2-10(9-24-14)16(19,20)21/h2-5,8-9H,1,6-7H2,(H,22,24)(H,23,25). The van der Waals surface area contributed by atoms with Crippen LogP contribution in [0.4, 0.5) is 23.4 Å². The molecular formula is C16H14BrF4N3O. The lowest BCUT2D eigenvalue weighted by Crippen LogP contribution is -2.26. The summed E-state index contributed by atoms with van der Waals surface area (Å²) in [6, 6.07) is 5.96. The Kier molecular flexibility index (Phi) is 6.35. The number of rotatable bonds is 6. The van der Waals surface area contributed by atoms with E-state index in [-0.39, 0.29) is 5.91 Å². The summed E-state index contributed by atoms with van der Waals surface area (Å²) in [5.41, 5.74) is -0.492. The van der Waals surface area contributed by atoms with Crippen molar-refractivity contribution >= 4 is 27.7 Å². The third-order valence-electron chi connectivity index (χ3n) is 3.21. The Morgan fingerprint density at radius 3 is 2.52 bits per heavy atom.